The predicted molar refractivity (Wildman–Crippen MR) is 105 cm³/mol. The summed E-state index contributed by atoms with van der Waals surface area (Å²) < 4.78 is 11.0. The second kappa shape index (κ2) is 7.82. The predicted octanol–water partition coefficient (Wildman–Crippen LogP) is 4.29. The molecule has 1 aromatic carbocycles. The number of hydrogen-bond donors (Lipinski definition) is 1. The first-order valence-corrected chi connectivity index (χ1v) is 9.38. The van der Waals surface area contributed by atoms with Gasteiger partial charge in [-0.2, -0.15) is 0 Å². The first-order chi connectivity index (χ1) is 13.7. The SMILES string of the molecule is CCCN(Cc1nnc(-c2ccco2)o1)[C@H](C)C(=O)c1c[nH]c2ccccc12. The van der Waals surface area contributed by atoms with Gasteiger partial charge in [-0.1, -0.05) is 25.1 Å². The fraction of sp³-hybridized carbons (Fsp3) is 0.286. The highest BCUT2D eigenvalue weighted by atomic mass is 16.4. The zero-order valence-corrected chi connectivity index (χ0v) is 15.9. The Kier molecular flexibility index (Phi) is 5.08. The molecule has 0 bridgehead atoms. The molecule has 0 aliphatic carbocycles. The molecule has 7 heteroatoms. The van der Waals surface area contributed by atoms with Crippen LogP contribution in [0.25, 0.3) is 22.6 Å². The zero-order valence-electron chi connectivity index (χ0n) is 15.9. The molecule has 1 N–H and O–H groups in total. The summed E-state index contributed by atoms with van der Waals surface area (Å²) in [4.78, 5) is 18.4. The molecule has 4 rings (SSSR count). The lowest BCUT2D eigenvalue weighted by Crippen LogP contribution is -2.39. The van der Waals surface area contributed by atoms with Crippen molar-refractivity contribution in [3.63, 3.8) is 0 Å². The molecule has 0 saturated carbocycles. The van der Waals surface area contributed by atoms with Gasteiger partial charge in [-0.05, 0) is 38.1 Å². The van der Waals surface area contributed by atoms with Gasteiger partial charge in [0.15, 0.2) is 11.5 Å². The third kappa shape index (κ3) is 3.48. The standard InChI is InChI=1S/C21H22N4O3/c1-3-10-25(13-19-23-24-21(28-19)18-9-6-11-27-18)14(2)20(26)16-12-22-17-8-5-4-7-15(16)17/h4-9,11-12,14,22H,3,10,13H2,1-2H3/t14-/m1/s1. The average molecular weight is 378 g/mol. The first-order valence-electron chi connectivity index (χ1n) is 9.38. The van der Waals surface area contributed by atoms with Gasteiger partial charge in [-0.25, -0.2) is 0 Å². The van der Waals surface area contributed by atoms with Crippen LogP contribution in [0.4, 0.5) is 0 Å². The number of carbonyl (C=O) groups is 1. The van der Waals surface area contributed by atoms with E-state index in [9.17, 15) is 4.79 Å². The Balaban J connectivity index is 1.54. The van der Waals surface area contributed by atoms with E-state index in [1.807, 2.05) is 31.2 Å². The molecule has 0 aliphatic rings. The molecular weight excluding hydrogens is 356 g/mol. The quantitative estimate of drug-likeness (QED) is 0.460. The highest BCUT2D eigenvalue weighted by molar-refractivity contribution is 6.10. The van der Waals surface area contributed by atoms with Crippen LogP contribution in [0.5, 0.6) is 0 Å². The van der Waals surface area contributed by atoms with Crippen molar-refractivity contribution in [3.05, 3.63) is 60.3 Å². The monoisotopic (exact) mass is 378 g/mol. The molecule has 0 radical (unpaired) electrons. The molecule has 0 aliphatic heterocycles. The molecule has 3 heterocycles. The van der Waals surface area contributed by atoms with Gasteiger partial charge in [-0.15, -0.1) is 10.2 Å². The Hall–Kier alpha value is -3.19. The largest absolute Gasteiger partial charge is 0.459 e. The second-order valence-corrected chi connectivity index (χ2v) is 6.74. The van der Waals surface area contributed by atoms with Crippen molar-refractivity contribution in [2.24, 2.45) is 0 Å². The van der Waals surface area contributed by atoms with Crippen LogP contribution in [0, 0.1) is 0 Å². The maximum atomic E-state index is 13.2. The van der Waals surface area contributed by atoms with E-state index in [4.69, 9.17) is 8.83 Å². The third-order valence-electron chi connectivity index (χ3n) is 4.83. The Morgan fingerprint density at radius 3 is 2.86 bits per heavy atom. The minimum Gasteiger partial charge on any atom is -0.459 e. The Bertz CT molecular complexity index is 1060. The number of aromatic amines is 1. The molecule has 1 atom stereocenters. The van der Waals surface area contributed by atoms with E-state index in [1.165, 1.54) is 0 Å². The zero-order chi connectivity index (χ0) is 19.5. The summed E-state index contributed by atoms with van der Waals surface area (Å²) in [7, 11) is 0. The second-order valence-electron chi connectivity index (χ2n) is 6.74. The molecule has 0 amide bonds. The van der Waals surface area contributed by atoms with Gasteiger partial charge in [0.05, 0.1) is 18.8 Å². The Morgan fingerprint density at radius 1 is 1.21 bits per heavy atom. The average Bonchev–Trinajstić information content (AvgIpc) is 3.46. The van der Waals surface area contributed by atoms with E-state index in [0.717, 1.165) is 23.9 Å². The normalized spacial score (nSPS) is 12.7. The van der Waals surface area contributed by atoms with Gasteiger partial charge >= 0.3 is 0 Å². The molecule has 7 nitrogen and oxygen atoms in total. The first kappa shape index (κ1) is 18.2. The number of nitrogens with one attached hydrogen (secondary N) is 1. The number of furan rings is 1. The molecule has 0 unspecified atom stereocenters. The lowest BCUT2D eigenvalue weighted by Gasteiger charge is -2.26. The van der Waals surface area contributed by atoms with Crippen molar-refractivity contribution in [3.8, 4) is 11.7 Å². The number of aromatic nitrogens is 3. The van der Waals surface area contributed by atoms with Gasteiger partial charge in [0.1, 0.15) is 0 Å². The minimum absolute atomic E-state index is 0.0664. The number of hydrogen-bond acceptors (Lipinski definition) is 6. The highest BCUT2D eigenvalue weighted by Gasteiger charge is 2.26. The summed E-state index contributed by atoms with van der Waals surface area (Å²) in [6, 6.07) is 11.0. The van der Waals surface area contributed by atoms with Gasteiger partial charge in [0.25, 0.3) is 5.89 Å². The van der Waals surface area contributed by atoms with Crippen LogP contribution >= 0.6 is 0 Å². The number of fused-ring (bicyclic) bond motifs is 1. The summed E-state index contributed by atoms with van der Waals surface area (Å²) in [5, 5.41) is 9.09. The number of nitrogens with zero attached hydrogens (tertiary/aromatic N) is 3. The van der Waals surface area contributed by atoms with E-state index in [-0.39, 0.29) is 11.8 Å². The van der Waals surface area contributed by atoms with E-state index in [2.05, 4.69) is 27.0 Å². The van der Waals surface area contributed by atoms with E-state index < -0.39 is 0 Å². The summed E-state index contributed by atoms with van der Waals surface area (Å²) in [5.41, 5.74) is 1.66. The van der Waals surface area contributed by atoms with Crippen molar-refractivity contribution in [1.29, 1.82) is 0 Å². The maximum absolute atomic E-state index is 13.2. The molecule has 0 saturated heterocycles. The fourth-order valence-corrected chi connectivity index (χ4v) is 3.35. The molecule has 4 aromatic rings. The summed E-state index contributed by atoms with van der Waals surface area (Å²) in [5.74, 6) is 1.39. The molecule has 3 aromatic heterocycles. The van der Waals surface area contributed by atoms with Crippen molar-refractivity contribution in [2.45, 2.75) is 32.9 Å². The molecule has 0 spiro atoms. The van der Waals surface area contributed by atoms with E-state index in [1.54, 1.807) is 24.6 Å². The van der Waals surface area contributed by atoms with E-state index >= 15 is 0 Å². The van der Waals surface area contributed by atoms with Crippen LogP contribution in [-0.2, 0) is 6.54 Å². The summed E-state index contributed by atoms with van der Waals surface area (Å²) in [6.07, 6.45) is 4.25. The van der Waals surface area contributed by atoms with Crippen molar-refractivity contribution in [2.75, 3.05) is 6.54 Å². The Labute approximate surface area is 162 Å². The molecule has 144 valence electrons. The summed E-state index contributed by atoms with van der Waals surface area (Å²) in [6.45, 7) is 5.14. The molecular formula is C21H22N4O3. The van der Waals surface area contributed by atoms with Crippen molar-refractivity contribution >= 4 is 16.7 Å². The highest BCUT2D eigenvalue weighted by Crippen LogP contribution is 2.22. The lowest BCUT2D eigenvalue weighted by molar-refractivity contribution is 0.0817. The minimum atomic E-state index is -0.321. The lowest BCUT2D eigenvalue weighted by atomic mass is 10.0. The van der Waals surface area contributed by atoms with Gasteiger partial charge in [-0.3, -0.25) is 9.69 Å². The van der Waals surface area contributed by atoms with Crippen molar-refractivity contribution < 1.29 is 13.6 Å². The van der Waals surface area contributed by atoms with Crippen LogP contribution in [0.2, 0.25) is 0 Å². The fourth-order valence-electron chi connectivity index (χ4n) is 3.35. The molecule has 28 heavy (non-hydrogen) atoms. The number of carbonyl (C=O) groups excluding carboxylic acids is 1. The number of ketones is 1. The van der Waals surface area contributed by atoms with Gasteiger partial charge < -0.3 is 13.8 Å². The van der Waals surface area contributed by atoms with Gasteiger partial charge in [0.2, 0.25) is 5.89 Å². The number of Topliss-reactive ketones (excluding diaryl/α,β-unsaturated/α-hetero) is 1. The summed E-state index contributed by atoms with van der Waals surface area (Å²) >= 11 is 0. The number of rotatable bonds is 8. The van der Waals surface area contributed by atoms with Crippen LogP contribution in [-0.4, -0.2) is 38.5 Å². The van der Waals surface area contributed by atoms with Crippen LogP contribution in [0.1, 0.15) is 36.5 Å². The molecule has 0 fully saturated rings. The topological polar surface area (TPSA) is 88.2 Å². The maximum Gasteiger partial charge on any atom is 0.283 e. The number of H-pyrrole nitrogens is 1. The Morgan fingerprint density at radius 2 is 2.07 bits per heavy atom. The van der Waals surface area contributed by atoms with Crippen molar-refractivity contribution in [1.82, 2.24) is 20.1 Å². The van der Waals surface area contributed by atoms with Crippen LogP contribution < -0.4 is 0 Å². The number of para-hydroxylation sites is 1. The van der Waals surface area contributed by atoms with Gasteiger partial charge in [0, 0.05) is 22.7 Å². The smallest absolute Gasteiger partial charge is 0.283 e. The third-order valence-corrected chi connectivity index (χ3v) is 4.83. The van der Waals surface area contributed by atoms with Crippen LogP contribution in [0.3, 0.4) is 0 Å². The number of benzene rings is 1. The van der Waals surface area contributed by atoms with E-state index in [0.29, 0.717) is 29.6 Å². The van der Waals surface area contributed by atoms with Crippen LogP contribution in [0.15, 0.2) is 57.7 Å².